The molecule has 1 aromatic heterocycles. The summed E-state index contributed by atoms with van der Waals surface area (Å²) >= 11 is 5.92. The maximum atomic E-state index is 11.5. The zero-order valence-corrected chi connectivity index (χ0v) is 13.2. The number of rotatable bonds is 7. The number of aliphatic hydroxyl groups is 1. The molecular formula is C14H16ClN5O3. The van der Waals surface area contributed by atoms with E-state index in [0.29, 0.717) is 17.3 Å². The summed E-state index contributed by atoms with van der Waals surface area (Å²) in [5.74, 6) is 0.227. The standard InChI is InChI=1S/C14H16ClN5O3/c1-2-19(6-7-21)14-12(20(22)23)13(16-9-17-14)18-11-5-3-4-10(15)8-11/h3-5,8-9,21H,2,6-7H2,1H3,(H,16,17,18). The van der Waals surface area contributed by atoms with Crippen molar-refractivity contribution in [1.29, 1.82) is 0 Å². The van der Waals surface area contributed by atoms with Gasteiger partial charge in [0.15, 0.2) is 0 Å². The molecule has 0 amide bonds. The summed E-state index contributed by atoms with van der Waals surface area (Å²) in [4.78, 5) is 20.5. The molecule has 0 fully saturated rings. The molecule has 0 radical (unpaired) electrons. The molecule has 2 N–H and O–H groups in total. The first-order valence-electron chi connectivity index (χ1n) is 6.94. The van der Waals surface area contributed by atoms with E-state index in [2.05, 4.69) is 15.3 Å². The van der Waals surface area contributed by atoms with Crippen molar-refractivity contribution in [3.8, 4) is 0 Å². The van der Waals surface area contributed by atoms with Gasteiger partial charge in [-0.25, -0.2) is 9.97 Å². The molecule has 9 heteroatoms. The number of halogens is 1. The van der Waals surface area contributed by atoms with Crippen LogP contribution < -0.4 is 10.2 Å². The van der Waals surface area contributed by atoms with Crippen molar-refractivity contribution in [3.63, 3.8) is 0 Å². The van der Waals surface area contributed by atoms with Crippen molar-refractivity contribution < 1.29 is 10.0 Å². The molecule has 1 heterocycles. The van der Waals surface area contributed by atoms with E-state index in [1.807, 2.05) is 6.92 Å². The maximum absolute atomic E-state index is 11.5. The highest BCUT2D eigenvalue weighted by atomic mass is 35.5. The molecule has 0 aliphatic heterocycles. The first-order valence-corrected chi connectivity index (χ1v) is 7.32. The molecule has 0 spiro atoms. The third-order valence-electron chi connectivity index (χ3n) is 3.12. The number of benzene rings is 1. The van der Waals surface area contributed by atoms with Gasteiger partial charge in [-0.1, -0.05) is 17.7 Å². The second-order valence-electron chi connectivity index (χ2n) is 4.59. The van der Waals surface area contributed by atoms with Crippen LogP contribution in [0.4, 0.5) is 23.0 Å². The lowest BCUT2D eigenvalue weighted by Crippen LogP contribution is -2.28. The van der Waals surface area contributed by atoms with Crippen molar-refractivity contribution in [3.05, 3.63) is 45.7 Å². The monoisotopic (exact) mass is 337 g/mol. The first kappa shape index (κ1) is 16.9. The second-order valence-corrected chi connectivity index (χ2v) is 5.03. The number of likely N-dealkylation sites (N-methyl/N-ethyl adjacent to an activating group) is 1. The predicted molar refractivity (Wildman–Crippen MR) is 88.4 cm³/mol. The SMILES string of the molecule is CCN(CCO)c1ncnc(Nc2cccc(Cl)c2)c1[N+](=O)[O-]. The summed E-state index contributed by atoms with van der Waals surface area (Å²) in [6, 6.07) is 6.79. The van der Waals surface area contributed by atoms with E-state index in [9.17, 15) is 10.1 Å². The van der Waals surface area contributed by atoms with Crippen LogP contribution in [0.15, 0.2) is 30.6 Å². The van der Waals surface area contributed by atoms with Gasteiger partial charge in [-0.15, -0.1) is 0 Å². The molecule has 0 bridgehead atoms. The zero-order chi connectivity index (χ0) is 16.8. The van der Waals surface area contributed by atoms with E-state index in [1.165, 1.54) is 6.33 Å². The number of hydrogen-bond acceptors (Lipinski definition) is 7. The minimum absolute atomic E-state index is 0.0682. The Hall–Kier alpha value is -2.45. The van der Waals surface area contributed by atoms with Gasteiger partial charge in [0.2, 0.25) is 11.6 Å². The summed E-state index contributed by atoms with van der Waals surface area (Å²) in [5.41, 5.74) is 0.332. The van der Waals surface area contributed by atoms with E-state index >= 15 is 0 Å². The maximum Gasteiger partial charge on any atom is 0.353 e. The Bertz CT molecular complexity index is 698. The minimum Gasteiger partial charge on any atom is -0.395 e. The Morgan fingerprint density at radius 1 is 1.43 bits per heavy atom. The predicted octanol–water partition coefficient (Wildman–Crippen LogP) is 2.60. The lowest BCUT2D eigenvalue weighted by atomic mass is 10.3. The summed E-state index contributed by atoms with van der Waals surface area (Å²) in [6.07, 6.45) is 1.25. The molecule has 0 aliphatic rings. The molecule has 2 aromatic rings. The van der Waals surface area contributed by atoms with Crippen LogP contribution in [0.3, 0.4) is 0 Å². The van der Waals surface area contributed by atoms with Crippen LogP contribution in [0.2, 0.25) is 5.02 Å². The number of aromatic nitrogens is 2. The molecule has 23 heavy (non-hydrogen) atoms. The number of anilines is 3. The Balaban J connectivity index is 2.45. The van der Waals surface area contributed by atoms with Gasteiger partial charge in [0.1, 0.15) is 6.33 Å². The Labute approximate surface area is 137 Å². The van der Waals surface area contributed by atoms with Gasteiger partial charge in [-0.3, -0.25) is 10.1 Å². The smallest absolute Gasteiger partial charge is 0.353 e. The van der Waals surface area contributed by atoms with Crippen LogP contribution >= 0.6 is 11.6 Å². The van der Waals surface area contributed by atoms with E-state index in [0.717, 1.165) is 0 Å². The number of nitro groups is 1. The van der Waals surface area contributed by atoms with Crippen LogP contribution in [-0.2, 0) is 0 Å². The summed E-state index contributed by atoms with van der Waals surface area (Å²) in [6.45, 7) is 2.40. The number of aliphatic hydroxyl groups excluding tert-OH is 1. The number of hydrogen-bond donors (Lipinski definition) is 2. The first-order chi connectivity index (χ1) is 11.1. The largest absolute Gasteiger partial charge is 0.395 e. The fraction of sp³-hybridized carbons (Fsp3) is 0.286. The molecule has 0 atom stereocenters. The molecule has 122 valence electrons. The highest BCUT2D eigenvalue weighted by Crippen LogP contribution is 2.33. The molecule has 0 aliphatic carbocycles. The summed E-state index contributed by atoms with van der Waals surface area (Å²) in [7, 11) is 0. The highest BCUT2D eigenvalue weighted by Gasteiger charge is 2.26. The zero-order valence-electron chi connectivity index (χ0n) is 12.4. The third kappa shape index (κ3) is 4.05. The lowest BCUT2D eigenvalue weighted by Gasteiger charge is -2.20. The van der Waals surface area contributed by atoms with E-state index in [1.54, 1.807) is 29.2 Å². The van der Waals surface area contributed by atoms with Gasteiger partial charge < -0.3 is 15.3 Å². The Morgan fingerprint density at radius 3 is 2.83 bits per heavy atom. The average Bonchev–Trinajstić information content (AvgIpc) is 2.52. The molecule has 1 aromatic carbocycles. The highest BCUT2D eigenvalue weighted by molar-refractivity contribution is 6.30. The van der Waals surface area contributed by atoms with Crippen LogP contribution in [0.5, 0.6) is 0 Å². The van der Waals surface area contributed by atoms with Crippen molar-refractivity contribution in [2.24, 2.45) is 0 Å². The summed E-state index contributed by atoms with van der Waals surface area (Å²) < 4.78 is 0. The topological polar surface area (TPSA) is 104 Å². The van der Waals surface area contributed by atoms with Gasteiger partial charge in [-0.05, 0) is 25.1 Å². The average molecular weight is 338 g/mol. The third-order valence-corrected chi connectivity index (χ3v) is 3.36. The van der Waals surface area contributed by atoms with Gasteiger partial charge in [-0.2, -0.15) is 0 Å². The molecule has 0 unspecified atom stereocenters. The van der Waals surface area contributed by atoms with Gasteiger partial charge >= 0.3 is 5.69 Å². The minimum atomic E-state index is -0.539. The fourth-order valence-electron chi connectivity index (χ4n) is 2.10. The molecule has 8 nitrogen and oxygen atoms in total. The van der Waals surface area contributed by atoms with Crippen molar-refractivity contribution in [1.82, 2.24) is 9.97 Å². The second kappa shape index (κ2) is 7.70. The number of nitrogens with one attached hydrogen (secondary N) is 1. The molecule has 0 saturated carbocycles. The van der Waals surface area contributed by atoms with Crippen LogP contribution in [0, 0.1) is 10.1 Å². The summed E-state index contributed by atoms with van der Waals surface area (Å²) in [5, 5.41) is 24.0. The van der Waals surface area contributed by atoms with E-state index in [4.69, 9.17) is 16.7 Å². The Kier molecular flexibility index (Phi) is 5.67. The lowest BCUT2D eigenvalue weighted by molar-refractivity contribution is -0.383. The van der Waals surface area contributed by atoms with Crippen molar-refractivity contribution >= 4 is 34.6 Å². The van der Waals surface area contributed by atoms with Crippen LogP contribution in [0.25, 0.3) is 0 Å². The van der Waals surface area contributed by atoms with Crippen molar-refractivity contribution in [2.45, 2.75) is 6.92 Å². The molecule has 0 saturated heterocycles. The molecular weight excluding hydrogens is 322 g/mol. The van der Waals surface area contributed by atoms with Gasteiger partial charge in [0.25, 0.3) is 0 Å². The van der Waals surface area contributed by atoms with Crippen LogP contribution in [0.1, 0.15) is 6.92 Å². The van der Waals surface area contributed by atoms with Crippen LogP contribution in [-0.4, -0.2) is 39.7 Å². The van der Waals surface area contributed by atoms with E-state index < -0.39 is 4.92 Å². The van der Waals surface area contributed by atoms with E-state index in [-0.39, 0.29) is 30.5 Å². The quantitative estimate of drug-likeness (QED) is 0.591. The normalized spacial score (nSPS) is 10.4. The van der Waals surface area contributed by atoms with Gasteiger partial charge in [0, 0.05) is 23.8 Å². The van der Waals surface area contributed by atoms with Gasteiger partial charge in [0.05, 0.1) is 11.5 Å². The van der Waals surface area contributed by atoms with Crippen molar-refractivity contribution in [2.75, 3.05) is 29.9 Å². The Morgan fingerprint density at radius 2 is 2.22 bits per heavy atom. The number of nitrogens with zero attached hydrogens (tertiary/aromatic N) is 4. The molecule has 2 rings (SSSR count). The fourth-order valence-corrected chi connectivity index (χ4v) is 2.29.